The highest BCUT2D eigenvalue weighted by Crippen LogP contribution is 2.39. The first-order valence-corrected chi connectivity index (χ1v) is 9.50. The van der Waals surface area contributed by atoms with Crippen LogP contribution in [0.2, 0.25) is 0 Å². The van der Waals surface area contributed by atoms with Crippen LogP contribution in [0, 0.1) is 0 Å². The van der Waals surface area contributed by atoms with Crippen LogP contribution in [0.1, 0.15) is 29.3 Å². The summed E-state index contributed by atoms with van der Waals surface area (Å²) in [6, 6.07) is 7.87. The van der Waals surface area contributed by atoms with E-state index in [4.69, 9.17) is 4.74 Å². The van der Waals surface area contributed by atoms with Crippen LogP contribution in [0.3, 0.4) is 0 Å². The first-order chi connectivity index (χ1) is 12.9. The van der Waals surface area contributed by atoms with Gasteiger partial charge in [-0.3, -0.25) is 14.6 Å². The Labute approximate surface area is 159 Å². The molecule has 1 N–H and O–H groups in total. The SMILES string of the molecule is COC(=O)c1cccc(CN2CC3CC(O)CN3C3(C2)CN(C(C)=O)C3)c1. The molecule has 0 bridgehead atoms. The average molecular weight is 373 g/mol. The number of aliphatic hydroxyl groups is 1. The number of carbonyl (C=O) groups excluding carboxylic acids is 2. The molecule has 3 aliphatic heterocycles. The molecule has 3 fully saturated rings. The summed E-state index contributed by atoms with van der Waals surface area (Å²) in [5.74, 6) is -0.215. The number of piperazine rings is 1. The van der Waals surface area contributed by atoms with Gasteiger partial charge in [-0.2, -0.15) is 0 Å². The fourth-order valence-electron chi connectivity index (χ4n) is 4.98. The molecule has 1 aromatic carbocycles. The van der Waals surface area contributed by atoms with E-state index in [1.807, 2.05) is 23.1 Å². The Bertz CT molecular complexity index is 746. The molecule has 27 heavy (non-hydrogen) atoms. The summed E-state index contributed by atoms with van der Waals surface area (Å²) in [6.45, 7) is 6.26. The van der Waals surface area contributed by atoms with Gasteiger partial charge in [0, 0.05) is 52.2 Å². The molecule has 2 atom stereocenters. The monoisotopic (exact) mass is 373 g/mol. The van der Waals surface area contributed by atoms with Gasteiger partial charge in [0.2, 0.25) is 5.91 Å². The summed E-state index contributed by atoms with van der Waals surface area (Å²) in [4.78, 5) is 30.2. The molecule has 3 aliphatic rings. The number of ether oxygens (including phenoxy) is 1. The number of hydrogen-bond acceptors (Lipinski definition) is 6. The number of rotatable bonds is 3. The van der Waals surface area contributed by atoms with Crippen molar-refractivity contribution in [2.45, 2.75) is 37.6 Å². The molecule has 7 heteroatoms. The third kappa shape index (κ3) is 3.35. The first kappa shape index (κ1) is 18.4. The lowest BCUT2D eigenvalue weighted by Gasteiger charge is -2.60. The molecule has 0 aliphatic carbocycles. The first-order valence-electron chi connectivity index (χ1n) is 9.50. The van der Waals surface area contributed by atoms with Gasteiger partial charge < -0.3 is 14.7 Å². The van der Waals surface area contributed by atoms with Gasteiger partial charge in [0.15, 0.2) is 0 Å². The number of likely N-dealkylation sites (tertiary alicyclic amines) is 1. The topological polar surface area (TPSA) is 73.3 Å². The van der Waals surface area contributed by atoms with Crippen LogP contribution in [0.15, 0.2) is 24.3 Å². The van der Waals surface area contributed by atoms with Crippen LogP contribution < -0.4 is 0 Å². The summed E-state index contributed by atoms with van der Waals surface area (Å²) in [5, 5.41) is 10.2. The Morgan fingerprint density at radius 1 is 1.26 bits per heavy atom. The van der Waals surface area contributed by atoms with E-state index in [2.05, 4.69) is 9.80 Å². The van der Waals surface area contributed by atoms with Crippen LogP contribution in [0.25, 0.3) is 0 Å². The minimum absolute atomic E-state index is 0.0635. The lowest BCUT2D eigenvalue weighted by Crippen LogP contribution is -2.78. The minimum Gasteiger partial charge on any atom is -0.465 e. The number of amides is 1. The average Bonchev–Trinajstić information content (AvgIpc) is 2.98. The van der Waals surface area contributed by atoms with E-state index < -0.39 is 0 Å². The van der Waals surface area contributed by atoms with Crippen molar-refractivity contribution < 1.29 is 19.4 Å². The number of fused-ring (bicyclic) bond motifs is 2. The molecule has 3 heterocycles. The number of aliphatic hydroxyl groups excluding tert-OH is 1. The third-order valence-corrected chi connectivity index (χ3v) is 6.16. The quantitative estimate of drug-likeness (QED) is 0.770. The molecule has 146 valence electrons. The third-order valence-electron chi connectivity index (χ3n) is 6.16. The number of hydrogen-bond donors (Lipinski definition) is 1. The summed E-state index contributed by atoms with van der Waals surface area (Å²) in [6.07, 6.45) is 0.487. The van der Waals surface area contributed by atoms with E-state index in [-0.39, 0.29) is 23.5 Å². The van der Waals surface area contributed by atoms with Gasteiger partial charge in [-0.05, 0) is 24.1 Å². The molecule has 0 aromatic heterocycles. The van der Waals surface area contributed by atoms with E-state index in [1.165, 1.54) is 7.11 Å². The molecule has 3 saturated heterocycles. The molecular weight excluding hydrogens is 346 g/mol. The van der Waals surface area contributed by atoms with Crippen LogP contribution in [-0.2, 0) is 16.1 Å². The molecule has 1 aromatic rings. The normalized spacial score (nSPS) is 27.3. The number of β-amino-alcohol motifs (C(OH)–C–C–N with tert-alkyl or cyclic N) is 1. The van der Waals surface area contributed by atoms with Crippen molar-refractivity contribution in [2.75, 3.05) is 39.8 Å². The second-order valence-electron chi connectivity index (χ2n) is 8.16. The highest BCUT2D eigenvalue weighted by Gasteiger charge is 2.56. The summed E-state index contributed by atoms with van der Waals surface area (Å²) in [5.41, 5.74) is 1.57. The van der Waals surface area contributed by atoms with Gasteiger partial charge in [0.05, 0.1) is 24.3 Å². The summed E-state index contributed by atoms with van der Waals surface area (Å²) >= 11 is 0. The highest BCUT2D eigenvalue weighted by atomic mass is 16.5. The number of methoxy groups -OCH3 is 1. The van der Waals surface area contributed by atoms with E-state index in [9.17, 15) is 14.7 Å². The largest absolute Gasteiger partial charge is 0.465 e. The maximum absolute atomic E-state index is 11.8. The lowest BCUT2D eigenvalue weighted by molar-refractivity contribution is -0.154. The number of carbonyl (C=O) groups is 2. The van der Waals surface area contributed by atoms with Crippen LogP contribution in [-0.4, -0.2) is 89.2 Å². The Hall–Kier alpha value is -1.96. The Morgan fingerprint density at radius 2 is 2.04 bits per heavy atom. The zero-order valence-electron chi connectivity index (χ0n) is 15.9. The van der Waals surface area contributed by atoms with Crippen molar-refractivity contribution in [3.63, 3.8) is 0 Å². The number of esters is 1. The smallest absolute Gasteiger partial charge is 0.337 e. The predicted molar refractivity (Wildman–Crippen MR) is 99.2 cm³/mol. The summed E-state index contributed by atoms with van der Waals surface area (Å²) < 4.78 is 4.82. The molecule has 2 unspecified atom stereocenters. The molecule has 1 amide bonds. The molecule has 0 saturated carbocycles. The molecule has 4 rings (SSSR count). The van der Waals surface area contributed by atoms with E-state index in [0.29, 0.717) is 18.2 Å². The zero-order chi connectivity index (χ0) is 19.2. The van der Waals surface area contributed by atoms with Crippen LogP contribution >= 0.6 is 0 Å². The van der Waals surface area contributed by atoms with E-state index in [0.717, 1.165) is 44.7 Å². The van der Waals surface area contributed by atoms with Crippen molar-refractivity contribution >= 4 is 11.9 Å². The Balaban J connectivity index is 1.51. The maximum atomic E-state index is 11.8. The van der Waals surface area contributed by atoms with Gasteiger partial charge in [0.25, 0.3) is 0 Å². The van der Waals surface area contributed by atoms with Crippen molar-refractivity contribution in [1.82, 2.24) is 14.7 Å². The minimum atomic E-state index is -0.326. The van der Waals surface area contributed by atoms with Crippen molar-refractivity contribution in [3.8, 4) is 0 Å². The van der Waals surface area contributed by atoms with Gasteiger partial charge in [-0.1, -0.05) is 12.1 Å². The van der Waals surface area contributed by atoms with Crippen LogP contribution in [0.4, 0.5) is 0 Å². The number of benzene rings is 1. The van der Waals surface area contributed by atoms with E-state index >= 15 is 0 Å². The zero-order valence-corrected chi connectivity index (χ0v) is 15.9. The Kier molecular flexibility index (Phi) is 4.70. The molecule has 7 nitrogen and oxygen atoms in total. The molecule has 1 spiro atoms. The molecule has 0 radical (unpaired) electrons. The second kappa shape index (κ2) is 6.89. The van der Waals surface area contributed by atoms with Gasteiger partial charge in [-0.25, -0.2) is 4.79 Å². The van der Waals surface area contributed by atoms with Crippen molar-refractivity contribution in [2.24, 2.45) is 0 Å². The maximum Gasteiger partial charge on any atom is 0.337 e. The summed E-state index contributed by atoms with van der Waals surface area (Å²) in [7, 11) is 1.39. The van der Waals surface area contributed by atoms with Gasteiger partial charge in [-0.15, -0.1) is 0 Å². The van der Waals surface area contributed by atoms with Gasteiger partial charge >= 0.3 is 5.97 Å². The fourth-order valence-corrected chi connectivity index (χ4v) is 4.98. The molecular formula is C20H27N3O4. The van der Waals surface area contributed by atoms with Gasteiger partial charge in [0.1, 0.15) is 0 Å². The Morgan fingerprint density at radius 3 is 2.74 bits per heavy atom. The standard InChI is InChI=1S/C20H27N3O4/c1-14(24)22-12-20(13-22)11-21(9-17-7-18(25)10-23(17)20)8-15-4-3-5-16(6-15)19(26)27-2/h3-6,17-18,25H,7-13H2,1-2H3. The number of nitrogens with zero attached hydrogens (tertiary/aromatic N) is 3. The predicted octanol–water partition coefficient (Wildman–Crippen LogP) is 0.325. The van der Waals surface area contributed by atoms with E-state index in [1.54, 1.807) is 13.0 Å². The lowest BCUT2D eigenvalue weighted by atomic mass is 9.83. The highest BCUT2D eigenvalue weighted by molar-refractivity contribution is 5.89. The van der Waals surface area contributed by atoms with Crippen LogP contribution in [0.5, 0.6) is 0 Å². The fraction of sp³-hybridized carbons (Fsp3) is 0.600. The van der Waals surface area contributed by atoms with Crippen molar-refractivity contribution in [1.29, 1.82) is 0 Å². The second-order valence-corrected chi connectivity index (χ2v) is 8.16. The van der Waals surface area contributed by atoms with Crippen molar-refractivity contribution in [3.05, 3.63) is 35.4 Å².